The Morgan fingerprint density at radius 3 is 2.58 bits per heavy atom. The first kappa shape index (κ1) is 22.0. The Balaban J connectivity index is 1.35. The Kier molecular flexibility index (Phi) is 5.92. The highest BCUT2D eigenvalue weighted by atomic mass is 35.5. The van der Waals surface area contributed by atoms with Crippen LogP contribution in [-0.4, -0.2) is 24.0 Å². The van der Waals surface area contributed by atoms with Gasteiger partial charge in [-0.25, -0.2) is 0 Å². The Bertz CT molecular complexity index is 1280. The first-order valence-electron chi connectivity index (χ1n) is 10.9. The van der Waals surface area contributed by atoms with Crippen molar-refractivity contribution in [2.24, 2.45) is 0 Å². The predicted octanol–water partition coefficient (Wildman–Crippen LogP) is 6.62. The highest BCUT2D eigenvalue weighted by Crippen LogP contribution is 2.43. The second-order valence-corrected chi connectivity index (χ2v) is 9.37. The Morgan fingerprint density at radius 1 is 1.03 bits per heavy atom. The van der Waals surface area contributed by atoms with Crippen LogP contribution in [0.1, 0.15) is 38.2 Å². The van der Waals surface area contributed by atoms with E-state index in [4.69, 9.17) is 32.7 Å². The highest BCUT2D eigenvalue weighted by molar-refractivity contribution is 6.35. The van der Waals surface area contributed by atoms with Crippen molar-refractivity contribution >= 4 is 35.1 Å². The molecule has 0 fully saturated rings. The summed E-state index contributed by atoms with van der Waals surface area (Å²) in [5.41, 5.74) is 5.60. The fourth-order valence-electron chi connectivity index (χ4n) is 4.26. The van der Waals surface area contributed by atoms with Crippen LogP contribution in [0.15, 0.2) is 54.3 Å². The van der Waals surface area contributed by atoms with Gasteiger partial charge in [0.05, 0.1) is 5.56 Å². The average molecular weight is 480 g/mol. The van der Waals surface area contributed by atoms with E-state index in [-0.39, 0.29) is 5.78 Å². The molecule has 2 heterocycles. The number of rotatable bonds is 4. The predicted molar refractivity (Wildman–Crippen MR) is 131 cm³/mol. The molecule has 0 saturated carbocycles. The molecule has 0 amide bonds. The van der Waals surface area contributed by atoms with Crippen LogP contribution in [0.25, 0.3) is 6.08 Å². The molecule has 6 heteroatoms. The summed E-state index contributed by atoms with van der Waals surface area (Å²) in [7, 11) is 0. The maximum absolute atomic E-state index is 13.1. The van der Waals surface area contributed by atoms with Gasteiger partial charge in [0.25, 0.3) is 0 Å². The average Bonchev–Trinajstić information content (AvgIpc) is 3.10. The number of fused-ring (bicyclic) bond motifs is 2. The van der Waals surface area contributed by atoms with Gasteiger partial charge in [-0.1, -0.05) is 59.1 Å². The smallest absolute Gasteiger partial charge is 0.231 e. The van der Waals surface area contributed by atoms with E-state index < -0.39 is 0 Å². The molecule has 0 aromatic heterocycles. The van der Waals surface area contributed by atoms with E-state index in [0.29, 0.717) is 40.4 Å². The minimum absolute atomic E-state index is 0.0958. The third-order valence-electron chi connectivity index (χ3n) is 6.09. The van der Waals surface area contributed by atoms with Crippen LogP contribution in [0.2, 0.25) is 10.0 Å². The Hall–Kier alpha value is -2.79. The number of benzene rings is 3. The van der Waals surface area contributed by atoms with Gasteiger partial charge in [-0.2, -0.15) is 0 Å². The second kappa shape index (κ2) is 8.86. The number of halogens is 2. The van der Waals surface area contributed by atoms with Crippen molar-refractivity contribution < 1.29 is 14.3 Å². The fraction of sp³-hybridized carbons (Fsp3) is 0.222. The van der Waals surface area contributed by atoms with Gasteiger partial charge in [0, 0.05) is 34.3 Å². The van der Waals surface area contributed by atoms with Crippen LogP contribution in [0.4, 0.5) is 0 Å². The standard InChI is InChI=1S/C27H23Cl2NO3/c1-16-3-5-18(6-4-16)11-24-25(31)22-12-20-14-30(15-32-26(20)17(2)27(22)33-24)10-9-19-7-8-21(28)13-23(19)29/h3-8,11-13H,9-10,14-15H2,1-2H3/b24-11-. The molecule has 0 atom stereocenters. The Labute approximate surface area is 203 Å². The molecule has 2 aliphatic heterocycles. The largest absolute Gasteiger partial charge is 0.477 e. The van der Waals surface area contributed by atoms with Crippen molar-refractivity contribution in [1.29, 1.82) is 0 Å². The van der Waals surface area contributed by atoms with Gasteiger partial charge in [0.15, 0.2) is 5.76 Å². The third kappa shape index (κ3) is 4.39. The number of hydrogen-bond donors (Lipinski definition) is 0. The normalized spacial score (nSPS) is 16.4. The summed E-state index contributed by atoms with van der Waals surface area (Å²) >= 11 is 12.3. The number of carbonyl (C=O) groups is 1. The van der Waals surface area contributed by atoms with Crippen LogP contribution in [0.3, 0.4) is 0 Å². The molecule has 0 bridgehead atoms. The van der Waals surface area contributed by atoms with E-state index in [1.807, 2.05) is 56.3 Å². The summed E-state index contributed by atoms with van der Waals surface area (Å²) in [6, 6.07) is 15.5. The van der Waals surface area contributed by atoms with Crippen molar-refractivity contribution in [3.8, 4) is 11.5 Å². The van der Waals surface area contributed by atoms with Crippen LogP contribution < -0.4 is 9.47 Å². The lowest BCUT2D eigenvalue weighted by Crippen LogP contribution is -2.34. The molecule has 33 heavy (non-hydrogen) atoms. The maximum Gasteiger partial charge on any atom is 0.231 e. The monoisotopic (exact) mass is 479 g/mol. The molecule has 4 nitrogen and oxygen atoms in total. The molecule has 0 spiro atoms. The van der Waals surface area contributed by atoms with E-state index in [0.717, 1.165) is 41.0 Å². The highest BCUT2D eigenvalue weighted by Gasteiger charge is 2.33. The molecule has 168 valence electrons. The number of carbonyl (C=O) groups excluding carboxylic acids is 1. The number of hydrogen-bond acceptors (Lipinski definition) is 4. The summed E-state index contributed by atoms with van der Waals surface area (Å²) in [5.74, 6) is 1.65. The minimum Gasteiger partial charge on any atom is -0.477 e. The first-order valence-corrected chi connectivity index (χ1v) is 11.6. The first-order chi connectivity index (χ1) is 15.9. The maximum atomic E-state index is 13.1. The molecule has 2 aliphatic rings. The summed E-state index contributed by atoms with van der Waals surface area (Å²) in [5, 5.41) is 1.30. The topological polar surface area (TPSA) is 38.8 Å². The number of ketones is 1. The van der Waals surface area contributed by atoms with Crippen LogP contribution in [0, 0.1) is 13.8 Å². The number of allylic oxidation sites excluding steroid dienone is 1. The summed E-state index contributed by atoms with van der Waals surface area (Å²) in [4.78, 5) is 15.3. The summed E-state index contributed by atoms with van der Waals surface area (Å²) < 4.78 is 12.1. The van der Waals surface area contributed by atoms with E-state index >= 15 is 0 Å². The minimum atomic E-state index is -0.0958. The molecule has 0 N–H and O–H groups in total. The van der Waals surface area contributed by atoms with Gasteiger partial charge in [-0.15, -0.1) is 0 Å². The molecule has 3 aromatic carbocycles. The number of nitrogens with zero attached hydrogens (tertiary/aromatic N) is 1. The lowest BCUT2D eigenvalue weighted by molar-refractivity contribution is 0.0954. The van der Waals surface area contributed by atoms with Gasteiger partial charge in [0.2, 0.25) is 5.78 Å². The molecule has 0 radical (unpaired) electrons. The van der Waals surface area contributed by atoms with Gasteiger partial charge in [0.1, 0.15) is 18.2 Å². The van der Waals surface area contributed by atoms with Crippen molar-refractivity contribution in [2.75, 3.05) is 13.3 Å². The summed E-state index contributed by atoms with van der Waals surface area (Å²) in [6.45, 7) is 5.92. The van der Waals surface area contributed by atoms with Crippen molar-refractivity contribution in [1.82, 2.24) is 4.90 Å². The van der Waals surface area contributed by atoms with E-state index in [1.54, 1.807) is 12.1 Å². The van der Waals surface area contributed by atoms with Gasteiger partial charge >= 0.3 is 0 Å². The third-order valence-corrected chi connectivity index (χ3v) is 6.68. The second-order valence-electron chi connectivity index (χ2n) is 8.53. The number of aryl methyl sites for hydroxylation is 1. The lowest BCUT2D eigenvalue weighted by atomic mass is 9.99. The molecule has 5 rings (SSSR count). The van der Waals surface area contributed by atoms with Gasteiger partial charge in [-0.3, -0.25) is 9.69 Å². The molecular weight excluding hydrogens is 457 g/mol. The molecular formula is C27H23Cl2NO3. The zero-order valence-electron chi connectivity index (χ0n) is 18.5. The summed E-state index contributed by atoms with van der Waals surface area (Å²) in [6.07, 6.45) is 2.58. The van der Waals surface area contributed by atoms with Crippen LogP contribution in [0.5, 0.6) is 11.5 Å². The number of ether oxygens (including phenoxy) is 2. The lowest BCUT2D eigenvalue weighted by Gasteiger charge is -2.30. The molecule has 0 unspecified atom stereocenters. The van der Waals surface area contributed by atoms with Crippen LogP contribution >= 0.6 is 23.2 Å². The van der Waals surface area contributed by atoms with Gasteiger partial charge in [-0.05, 0) is 55.7 Å². The van der Waals surface area contributed by atoms with Gasteiger partial charge < -0.3 is 9.47 Å². The van der Waals surface area contributed by atoms with E-state index in [2.05, 4.69) is 4.90 Å². The molecule has 0 aliphatic carbocycles. The van der Waals surface area contributed by atoms with Crippen molar-refractivity contribution in [3.63, 3.8) is 0 Å². The van der Waals surface area contributed by atoms with E-state index in [1.165, 1.54) is 5.56 Å². The van der Waals surface area contributed by atoms with Crippen molar-refractivity contribution in [2.45, 2.75) is 26.8 Å². The zero-order valence-corrected chi connectivity index (χ0v) is 20.0. The Morgan fingerprint density at radius 2 is 1.82 bits per heavy atom. The molecule has 0 saturated heterocycles. The fourth-order valence-corrected chi connectivity index (χ4v) is 4.76. The SMILES string of the molecule is Cc1ccc(/C=C2\Oc3c(cc4c(c3C)OCN(CCc3ccc(Cl)cc3Cl)C4)C2=O)cc1. The quantitative estimate of drug-likeness (QED) is 0.394. The van der Waals surface area contributed by atoms with Crippen LogP contribution in [-0.2, 0) is 13.0 Å². The number of Topliss-reactive ketones (excluding diaryl/α,β-unsaturated/α-hetero) is 1. The molecule has 3 aromatic rings. The van der Waals surface area contributed by atoms with E-state index in [9.17, 15) is 4.79 Å². The zero-order chi connectivity index (χ0) is 23.1. The van der Waals surface area contributed by atoms with Crippen molar-refractivity contribution in [3.05, 3.63) is 97.7 Å².